The molecule has 0 atom stereocenters. The predicted octanol–water partition coefficient (Wildman–Crippen LogP) is 2.75. The summed E-state index contributed by atoms with van der Waals surface area (Å²) in [5, 5.41) is 10.1. The average Bonchev–Trinajstić information content (AvgIpc) is 2.30. The normalized spacial score (nSPS) is 10.2. The summed E-state index contributed by atoms with van der Waals surface area (Å²) >= 11 is 6.04. The molecule has 0 bridgehead atoms. The molecular weight excluding hydrogens is 238 g/mol. The Morgan fingerprint density at radius 3 is 2.82 bits per heavy atom. The van der Waals surface area contributed by atoms with Crippen LogP contribution >= 0.6 is 11.6 Å². The van der Waals surface area contributed by atoms with Gasteiger partial charge >= 0.3 is 0 Å². The van der Waals surface area contributed by atoms with Crippen molar-refractivity contribution in [3.05, 3.63) is 58.9 Å². The van der Waals surface area contributed by atoms with E-state index in [0.29, 0.717) is 16.5 Å². The minimum atomic E-state index is 0.264. The van der Waals surface area contributed by atoms with Crippen molar-refractivity contribution in [3.63, 3.8) is 0 Å². The molecule has 0 amide bonds. The van der Waals surface area contributed by atoms with Gasteiger partial charge in [-0.05, 0) is 30.7 Å². The number of ether oxygens (including phenoxy) is 1. The topological polar surface area (TPSA) is 33.3 Å². The van der Waals surface area contributed by atoms with Crippen molar-refractivity contribution in [2.24, 2.45) is 0 Å². The van der Waals surface area contributed by atoms with E-state index in [2.05, 4.69) is 0 Å². The van der Waals surface area contributed by atoms with Gasteiger partial charge in [0.1, 0.15) is 5.75 Å². The van der Waals surface area contributed by atoms with Crippen LogP contribution < -0.4 is 9.47 Å². The van der Waals surface area contributed by atoms with Gasteiger partial charge in [0.2, 0.25) is 6.20 Å². The fraction of sp³-hybridized carbons (Fsp3) is 0.154. The molecule has 0 aliphatic carbocycles. The van der Waals surface area contributed by atoms with E-state index in [1.54, 1.807) is 18.3 Å². The Kier molecular flexibility index (Phi) is 3.49. The van der Waals surface area contributed by atoms with E-state index in [9.17, 15) is 5.21 Å². The second kappa shape index (κ2) is 5.06. The second-order valence-electron chi connectivity index (χ2n) is 3.76. The SMILES string of the molecule is Cc1ccc(OCc2cccc[n+]2O)c(Cl)c1. The van der Waals surface area contributed by atoms with Crippen molar-refractivity contribution in [2.75, 3.05) is 0 Å². The highest BCUT2D eigenvalue weighted by molar-refractivity contribution is 6.32. The van der Waals surface area contributed by atoms with Gasteiger partial charge in [0.25, 0.3) is 5.69 Å². The lowest BCUT2D eigenvalue weighted by molar-refractivity contribution is -0.910. The number of aromatic nitrogens is 1. The first kappa shape index (κ1) is 11.7. The molecule has 1 aromatic heterocycles. The van der Waals surface area contributed by atoms with Crippen molar-refractivity contribution in [2.45, 2.75) is 13.5 Å². The van der Waals surface area contributed by atoms with Crippen LogP contribution in [-0.2, 0) is 6.61 Å². The second-order valence-corrected chi connectivity index (χ2v) is 4.17. The monoisotopic (exact) mass is 250 g/mol. The maximum atomic E-state index is 9.51. The zero-order valence-corrected chi connectivity index (χ0v) is 10.2. The minimum Gasteiger partial charge on any atom is -0.481 e. The molecule has 17 heavy (non-hydrogen) atoms. The number of aryl methyl sites for hydroxylation is 1. The Morgan fingerprint density at radius 1 is 1.29 bits per heavy atom. The molecule has 0 saturated carbocycles. The molecule has 0 radical (unpaired) electrons. The Balaban J connectivity index is 2.10. The first-order valence-corrected chi connectivity index (χ1v) is 5.62. The fourth-order valence-electron chi connectivity index (χ4n) is 1.46. The summed E-state index contributed by atoms with van der Waals surface area (Å²) in [6, 6.07) is 10.9. The number of hydrogen-bond acceptors (Lipinski definition) is 2. The van der Waals surface area contributed by atoms with Gasteiger partial charge in [-0.2, -0.15) is 0 Å². The lowest BCUT2D eigenvalue weighted by Gasteiger charge is -2.06. The highest BCUT2D eigenvalue weighted by Gasteiger charge is 2.10. The molecule has 1 heterocycles. The van der Waals surface area contributed by atoms with Crippen LogP contribution in [0.15, 0.2) is 42.6 Å². The molecule has 2 aromatic rings. The van der Waals surface area contributed by atoms with Crippen LogP contribution in [0.4, 0.5) is 0 Å². The molecular formula is C13H13ClNO2+. The number of nitrogens with zero attached hydrogens (tertiary/aromatic N) is 1. The summed E-state index contributed by atoms with van der Waals surface area (Å²) in [7, 11) is 0. The summed E-state index contributed by atoms with van der Waals surface area (Å²) < 4.78 is 6.58. The first-order chi connectivity index (χ1) is 8.16. The van der Waals surface area contributed by atoms with Gasteiger partial charge in [-0.1, -0.05) is 17.7 Å². The lowest BCUT2D eigenvalue weighted by Crippen LogP contribution is -2.35. The Morgan fingerprint density at radius 2 is 2.12 bits per heavy atom. The van der Waals surface area contributed by atoms with E-state index in [4.69, 9.17) is 16.3 Å². The standard InChI is InChI=1S/C13H13ClNO2/c1-10-5-6-13(12(14)8-10)17-9-11-4-2-3-7-15(11)16/h2-8,16H,9H2,1H3/q+1. The Bertz CT molecular complexity index is 529. The largest absolute Gasteiger partial charge is 0.481 e. The molecule has 88 valence electrons. The van der Waals surface area contributed by atoms with Crippen LogP contribution in [-0.4, -0.2) is 5.21 Å². The number of halogens is 1. The molecule has 0 aliphatic heterocycles. The van der Waals surface area contributed by atoms with Gasteiger partial charge in [0.05, 0.1) is 5.02 Å². The van der Waals surface area contributed by atoms with E-state index in [1.807, 2.05) is 31.2 Å². The van der Waals surface area contributed by atoms with Crippen LogP contribution in [0.5, 0.6) is 5.75 Å². The average molecular weight is 251 g/mol. The maximum Gasteiger partial charge on any atom is 0.271 e. The molecule has 1 N–H and O–H groups in total. The number of pyridine rings is 1. The minimum absolute atomic E-state index is 0.264. The molecule has 3 nitrogen and oxygen atoms in total. The molecule has 0 spiro atoms. The Hall–Kier alpha value is -1.74. The lowest BCUT2D eigenvalue weighted by atomic mass is 10.2. The molecule has 0 unspecified atom stereocenters. The van der Waals surface area contributed by atoms with Crippen molar-refractivity contribution in [1.29, 1.82) is 0 Å². The molecule has 0 saturated heterocycles. The number of benzene rings is 1. The third-order valence-electron chi connectivity index (χ3n) is 2.38. The molecule has 0 aliphatic rings. The van der Waals surface area contributed by atoms with E-state index < -0.39 is 0 Å². The number of hydrogen-bond donors (Lipinski definition) is 1. The van der Waals surface area contributed by atoms with E-state index in [1.165, 1.54) is 0 Å². The van der Waals surface area contributed by atoms with Crippen molar-refractivity contribution < 1.29 is 14.7 Å². The van der Waals surface area contributed by atoms with Crippen LogP contribution in [0.2, 0.25) is 5.02 Å². The highest BCUT2D eigenvalue weighted by atomic mass is 35.5. The molecule has 4 heteroatoms. The van der Waals surface area contributed by atoms with Crippen molar-refractivity contribution in [3.8, 4) is 5.75 Å². The van der Waals surface area contributed by atoms with Gasteiger partial charge < -0.3 is 4.74 Å². The van der Waals surface area contributed by atoms with Gasteiger partial charge in [0, 0.05) is 16.9 Å². The predicted molar refractivity (Wildman–Crippen MR) is 64.3 cm³/mol. The fourth-order valence-corrected chi connectivity index (χ4v) is 1.75. The van der Waals surface area contributed by atoms with Gasteiger partial charge in [0.15, 0.2) is 6.61 Å². The van der Waals surface area contributed by atoms with E-state index in [0.717, 1.165) is 10.3 Å². The summed E-state index contributed by atoms with van der Waals surface area (Å²) in [6.45, 7) is 2.23. The summed E-state index contributed by atoms with van der Waals surface area (Å²) in [5.41, 5.74) is 1.74. The van der Waals surface area contributed by atoms with Crippen LogP contribution in [0.25, 0.3) is 0 Å². The van der Waals surface area contributed by atoms with Gasteiger partial charge in [-0.15, -0.1) is 0 Å². The zero-order chi connectivity index (χ0) is 12.3. The molecule has 1 aromatic carbocycles. The summed E-state index contributed by atoms with van der Waals surface area (Å²) in [5.74, 6) is 0.612. The maximum absolute atomic E-state index is 9.51. The zero-order valence-electron chi connectivity index (χ0n) is 9.43. The first-order valence-electron chi connectivity index (χ1n) is 5.24. The Labute approximate surface area is 105 Å². The third kappa shape index (κ3) is 2.88. The van der Waals surface area contributed by atoms with Crippen molar-refractivity contribution >= 4 is 11.6 Å². The molecule has 0 fully saturated rings. The molecule has 2 rings (SSSR count). The van der Waals surface area contributed by atoms with Gasteiger partial charge in [-0.3, -0.25) is 5.21 Å². The van der Waals surface area contributed by atoms with Crippen molar-refractivity contribution in [1.82, 2.24) is 0 Å². The van der Waals surface area contributed by atoms with E-state index in [-0.39, 0.29) is 6.61 Å². The highest BCUT2D eigenvalue weighted by Crippen LogP contribution is 2.25. The quantitative estimate of drug-likeness (QED) is 0.671. The van der Waals surface area contributed by atoms with Crippen LogP contribution in [0, 0.1) is 6.92 Å². The third-order valence-corrected chi connectivity index (χ3v) is 2.68. The van der Waals surface area contributed by atoms with E-state index >= 15 is 0 Å². The van der Waals surface area contributed by atoms with Crippen LogP contribution in [0.1, 0.15) is 11.3 Å². The summed E-state index contributed by atoms with van der Waals surface area (Å²) in [6.07, 6.45) is 1.55. The number of rotatable bonds is 3. The van der Waals surface area contributed by atoms with Crippen LogP contribution in [0.3, 0.4) is 0 Å². The summed E-state index contributed by atoms with van der Waals surface area (Å²) in [4.78, 5) is 0. The van der Waals surface area contributed by atoms with Gasteiger partial charge in [-0.25, -0.2) is 0 Å². The smallest absolute Gasteiger partial charge is 0.271 e.